The van der Waals surface area contributed by atoms with Crippen molar-refractivity contribution in [3.63, 3.8) is 0 Å². The van der Waals surface area contributed by atoms with E-state index in [9.17, 15) is 4.79 Å². The van der Waals surface area contributed by atoms with Crippen molar-refractivity contribution in [2.45, 2.75) is 38.8 Å². The number of halogens is 1. The molecule has 1 saturated carbocycles. The molecular formula is C24H22ClN3O2. The van der Waals surface area contributed by atoms with Crippen molar-refractivity contribution < 1.29 is 4.74 Å². The highest BCUT2D eigenvalue weighted by molar-refractivity contribution is 6.30. The van der Waals surface area contributed by atoms with Crippen LogP contribution < -0.4 is 10.3 Å². The number of imidazole rings is 1. The van der Waals surface area contributed by atoms with E-state index < -0.39 is 0 Å². The van der Waals surface area contributed by atoms with Gasteiger partial charge in [0.1, 0.15) is 18.2 Å². The standard InChI is InChI=1S/C24H22ClN3O2/c1-2-27-22-13-19(9-10-21(22)26-24(27)17-5-6-17)28-12-11-20(14-23(28)29)30-15-16-3-7-18(25)8-4-16/h3-4,7-14,17H,2,5-6,15H2,1H3. The number of benzene rings is 2. The van der Waals surface area contributed by atoms with Gasteiger partial charge in [-0.05, 0) is 61.7 Å². The van der Waals surface area contributed by atoms with Crippen LogP contribution in [0.15, 0.2) is 65.6 Å². The molecule has 1 fully saturated rings. The molecule has 5 rings (SSSR count). The van der Waals surface area contributed by atoms with Crippen LogP contribution in [0.3, 0.4) is 0 Å². The van der Waals surface area contributed by atoms with Gasteiger partial charge in [0.25, 0.3) is 5.56 Å². The molecule has 2 heterocycles. The lowest BCUT2D eigenvalue weighted by molar-refractivity contribution is 0.305. The average Bonchev–Trinajstić information content (AvgIpc) is 3.53. The van der Waals surface area contributed by atoms with Crippen LogP contribution in [-0.2, 0) is 13.2 Å². The second-order valence-electron chi connectivity index (χ2n) is 7.65. The van der Waals surface area contributed by atoms with Gasteiger partial charge in [-0.2, -0.15) is 0 Å². The summed E-state index contributed by atoms with van der Waals surface area (Å²) in [4.78, 5) is 17.6. The maximum absolute atomic E-state index is 12.8. The normalized spacial score (nSPS) is 13.7. The third kappa shape index (κ3) is 3.61. The van der Waals surface area contributed by atoms with E-state index in [0.717, 1.165) is 28.8 Å². The lowest BCUT2D eigenvalue weighted by atomic mass is 10.2. The Balaban J connectivity index is 1.41. The number of nitrogens with zero attached hydrogens (tertiary/aromatic N) is 3. The monoisotopic (exact) mass is 419 g/mol. The second kappa shape index (κ2) is 7.65. The van der Waals surface area contributed by atoms with Crippen LogP contribution in [0.5, 0.6) is 5.75 Å². The van der Waals surface area contributed by atoms with E-state index in [1.54, 1.807) is 10.8 Å². The first kappa shape index (κ1) is 18.9. The smallest absolute Gasteiger partial charge is 0.258 e. The van der Waals surface area contributed by atoms with E-state index in [4.69, 9.17) is 21.3 Å². The predicted octanol–water partition coefficient (Wildman–Crippen LogP) is 5.32. The molecule has 6 heteroatoms. The molecule has 5 nitrogen and oxygen atoms in total. The van der Waals surface area contributed by atoms with Crippen molar-refractivity contribution in [1.29, 1.82) is 0 Å². The third-order valence-corrected chi connectivity index (χ3v) is 5.76. The number of hydrogen-bond acceptors (Lipinski definition) is 3. The molecule has 0 amide bonds. The molecule has 4 aromatic rings. The van der Waals surface area contributed by atoms with E-state index >= 15 is 0 Å². The zero-order chi connectivity index (χ0) is 20.7. The highest BCUT2D eigenvalue weighted by atomic mass is 35.5. The maximum Gasteiger partial charge on any atom is 0.258 e. The number of pyridine rings is 1. The number of aromatic nitrogens is 3. The minimum atomic E-state index is -0.132. The molecule has 0 N–H and O–H groups in total. The van der Waals surface area contributed by atoms with Crippen LogP contribution >= 0.6 is 11.6 Å². The van der Waals surface area contributed by atoms with Gasteiger partial charge in [-0.15, -0.1) is 0 Å². The van der Waals surface area contributed by atoms with Crippen molar-refractivity contribution in [3.05, 3.63) is 87.6 Å². The summed E-state index contributed by atoms with van der Waals surface area (Å²) in [5, 5.41) is 0.687. The average molecular weight is 420 g/mol. The summed E-state index contributed by atoms with van der Waals surface area (Å²) in [6, 6.07) is 16.8. The topological polar surface area (TPSA) is 49.0 Å². The number of fused-ring (bicyclic) bond motifs is 1. The Hall–Kier alpha value is -3.05. The van der Waals surface area contributed by atoms with Crippen LogP contribution in [0, 0.1) is 0 Å². The first-order valence-electron chi connectivity index (χ1n) is 10.2. The first-order chi connectivity index (χ1) is 14.6. The second-order valence-corrected chi connectivity index (χ2v) is 8.08. The fourth-order valence-corrected chi connectivity index (χ4v) is 3.90. The number of hydrogen-bond donors (Lipinski definition) is 0. The van der Waals surface area contributed by atoms with Crippen LogP contribution in [-0.4, -0.2) is 14.1 Å². The Morgan fingerprint density at radius 3 is 2.60 bits per heavy atom. The molecule has 30 heavy (non-hydrogen) atoms. The summed E-state index contributed by atoms with van der Waals surface area (Å²) < 4.78 is 9.68. The third-order valence-electron chi connectivity index (χ3n) is 5.51. The van der Waals surface area contributed by atoms with Crippen molar-refractivity contribution in [3.8, 4) is 11.4 Å². The molecule has 2 aromatic carbocycles. The Labute approximate surface area is 179 Å². The highest BCUT2D eigenvalue weighted by Gasteiger charge is 2.29. The Morgan fingerprint density at radius 2 is 1.90 bits per heavy atom. The van der Waals surface area contributed by atoms with Crippen LogP contribution in [0.1, 0.15) is 37.1 Å². The van der Waals surface area contributed by atoms with Gasteiger partial charge in [0.15, 0.2) is 0 Å². The van der Waals surface area contributed by atoms with Gasteiger partial charge in [0.05, 0.1) is 16.7 Å². The Morgan fingerprint density at radius 1 is 1.10 bits per heavy atom. The van der Waals surface area contributed by atoms with E-state index in [1.165, 1.54) is 24.7 Å². The van der Waals surface area contributed by atoms with Gasteiger partial charge in [-0.1, -0.05) is 23.7 Å². The zero-order valence-corrected chi connectivity index (χ0v) is 17.5. The summed E-state index contributed by atoms with van der Waals surface area (Å²) >= 11 is 5.91. The molecule has 1 aliphatic carbocycles. The minimum Gasteiger partial charge on any atom is -0.489 e. The lowest BCUT2D eigenvalue weighted by Gasteiger charge is -2.10. The summed E-state index contributed by atoms with van der Waals surface area (Å²) in [6.07, 6.45) is 4.19. The van der Waals surface area contributed by atoms with Crippen molar-refractivity contribution >= 4 is 22.6 Å². The minimum absolute atomic E-state index is 0.132. The Kier molecular flexibility index (Phi) is 4.83. The molecule has 2 aromatic heterocycles. The Bertz CT molecular complexity index is 1270. The quantitative estimate of drug-likeness (QED) is 0.425. The zero-order valence-electron chi connectivity index (χ0n) is 16.7. The van der Waals surface area contributed by atoms with Gasteiger partial charge in [0.2, 0.25) is 0 Å². The lowest BCUT2D eigenvalue weighted by Crippen LogP contribution is -2.16. The molecule has 0 radical (unpaired) electrons. The van der Waals surface area contributed by atoms with Gasteiger partial charge in [0, 0.05) is 29.7 Å². The van der Waals surface area contributed by atoms with Gasteiger partial charge >= 0.3 is 0 Å². The molecule has 152 valence electrons. The largest absolute Gasteiger partial charge is 0.489 e. The summed E-state index contributed by atoms with van der Waals surface area (Å²) in [7, 11) is 0. The van der Waals surface area contributed by atoms with E-state index in [1.807, 2.05) is 48.5 Å². The van der Waals surface area contributed by atoms with Gasteiger partial charge in [-0.25, -0.2) is 4.98 Å². The number of aryl methyl sites for hydroxylation is 1. The molecule has 0 spiro atoms. The number of ether oxygens (including phenoxy) is 1. The van der Waals surface area contributed by atoms with Crippen LogP contribution in [0.4, 0.5) is 0 Å². The molecule has 0 saturated heterocycles. The molecule has 0 unspecified atom stereocenters. The fourth-order valence-electron chi connectivity index (χ4n) is 3.78. The van der Waals surface area contributed by atoms with E-state index in [0.29, 0.717) is 23.3 Å². The maximum atomic E-state index is 12.8. The van der Waals surface area contributed by atoms with Crippen LogP contribution in [0.2, 0.25) is 5.02 Å². The van der Waals surface area contributed by atoms with Crippen molar-refractivity contribution in [2.24, 2.45) is 0 Å². The molecule has 1 aliphatic rings. The number of rotatable bonds is 6. The van der Waals surface area contributed by atoms with Crippen LogP contribution in [0.25, 0.3) is 16.7 Å². The predicted molar refractivity (Wildman–Crippen MR) is 119 cm³/mol. The van der Waals surface area contributed by atoms with Crippen molar-refractivity contribution in [1.82, 2.24) is 14.1 Å². The fraction of sp³-hybridized carbons (Fsp3) is 0.250. The SMILES string of the molecule is CCn1c(C2CC2)nc2ccc(-n3ccc(OCc4ccc(Cl)cc4)cc3=O)cc21. The summed E-state index contributed by atoms with van der Waals surface area (Å²) in [5.74, 6) is 2.30. The summed E-state index contributed by atoms with van der Waals surface area (Å²) in [6.45, 7) is 3.39. The van der Waals surface area contributed by atoms with E-state index in [-0.39, 0.29) is 5.56 Å². The first-order valence-corrected chi connectivity index (χ1v) is 10.6. The molecule has 0 aliphatic heterocycles. The molecule has 0 bridgehead atoms. The van der Waals surface area contributed by atoms with Gasteiger partial charge in [-0.3, -0.25) is 9.36 Å². The highest BCUT2D eigenvalue weighted by Crippen LogP contribution is 2.40. The van der Waals surface area contributed by atoms with Crippen molar-refractivity contribution in [2.75, 3.05) is 0 Å². The molecular weight excluding hydrogens is 398 g/mol. The van der Waals surface area contributed by atoms with E-state index in [2.05, 4.69) is 11.5 Å². The van der Waals surface area contributed by atoms with Gasteiger partial charge < -0.3 is 9.30 Å². The summed E-state index contributed by atoms with van der Waals surface area (Å²) in [5.41, 5.74) is 3.75. The molecule has 0 atom stereocenters.